The maximum atomic E-state index is 5.93. The summed E-state index contributed by atoms with van der Waals surface area (Å²) in [5.74, 6) is 0.144. The molecule has 2 heterocycles. The molecule has 3 aliphatic carbocycles. The summed E-state index contributed by atoms with van der Waals surface area (Å²) in [6.45, 7) is 0. The summed E-state index contributed by atoms with van der Waals surface area (Å²) in [5.41, 5.74) is 21.8. The fourth-order valence-corrected chi connectivity index (χ4v) is 13.5. The Hall–Kier alpha value is -9.50. The summed E-state index contributed by atoms with van der Waals surface area (Å²) < 4.78 is 0. The van der Waals surface area contributed by atoms with E-state index in [1.165, 1.54) is 121 Å². The maximum Gasteiger partial charge on any atom is 0.0750 e. The van der Waals surface area contributed by atoms with Crippen LogP contribution in [0.1, 0.15) is 46.9 Å². The largest absolute Gasteiger partial charge is 0.247 e. The molecule has 0 saturated heterocycles. The van der Waals surface area contributed by atoms with Gasteiger partial charge in [-0.3, -0.25) is 0 Å². The summed E-state index contributed by atoms with van der Waals surface area (Å²) in [5, 5.41) is 12.4. The van der Waals surface area contributed by atoms with E-state index in [-0.39, 0.29) is 11.8 Å². The Morgan fingerprint density at radius 1 is 0.237 bits per heavy atom. The lowest BCUT2D eigenvalue weighted by molar-refractivity contribution is 0.526. The van der Waals surface area contributed by atoms with Gasteiger partial charge in [0.1, 0.15) is 0 Å². The summed E-state index contributed by atoms with van der Waals surface area (Å²) in [6, 6.07) is 94.1. The third-order valence-corrected chi connectivity index (χ3v) is 16.9. The van der Waals surface area contributed by atoms with Gasteiger partial charge in [-0.1, -0.05) is 218 Å². The molecule has 0 radical (unpaired) electrons. The number of fused-ring (bicyclic) bond motifs is 9. The van der Waals surface area contributed by atoms with E-state index in [2.05, 4.69) is 255 Å². The van der Waals surface area contributed by atoms with Crippen LogP contribution < -0.4 is 0 Å². The zero-order valence-electron chi connectivity index (χ0n) is 41.7. The molecule has 3 aliphatic rings. The molecule has 0 aliphatic heterocycles. The van der Waals surface area contributed by atoms with Crippen LogP contribution in [0, 0.1) is 0 Å². The van der Waals surface area contributed by atoms with Crippen molar-refractivity contribution in [1.29, 1.82) is 0 Å². The van der Waals surface area contributed by atoms with E-state index in [9.17, 15) is 0 Å². The first kappa shape index (κ1) is 43.0. The Labute approximate surface area is 441 Å². The molecule has 14 aromatic rings. The molecule has 2 heteroatoms. The third kappa shape index (κ3) is 6.67. The van der Waals surface area contributed by atoms with Crippen molar-refractivity contribution >= 4 is 64.9 Å². The van der Waals surface area contributed by atoms with Gasteiger partial charge in [0.15, 0.2) is 0 Å². The minimum atomic E-state index is 0.0718. The van der Waals surface area contributed by atoms with E-state index in [1.807, 2.05) is 0 Å². The summed E-state index contributed by atoms with van der Waals surface area (Å²) in [6.07, 6.45) is 2.04. The first-order chi connectivity index (χ1) is 37.7. The minimum Gasteiger partial charge on any atom is -0.247 e. The Balaban J connectivity index is 1.02. The number of pyridine rings is 2. The van der Waals surface area contributed by atoms with Crippen molar-refractivity contribution in [2.75, 3.05) is 0 Å². The highest BCUT2D eigenvalue weighted by atomic mass is 14.8. The van der Waals surface area contributed by atoms with Crippen molar-refractivity contribution in [2.24, 2.45) is 0 Å². The van der Waals surface area contributed by atoms with E-state index in [0.29, 0.717) is 0 Å². The SMILES string of the molecule is c1ccc(-c2ccc(-c3nc4cc5c(cc4c4c3C3CCC4c4c(-c6ccc(-c7ccccc7)cc6)nc6cc7c(cc6c43)c(-c3ccccc3)cc3ccccc37)c(-c3ccccc3)cc3ccccc35)cc2)cc1. The first-order valence-electron chi connectivity index (χ1n) is 26.8. The number of benzene rings is 12. The minimum absolute atomic E-state index is 0.0718. The monoisotopic (exact) mass is 964 g/mol. The topological polar surface area (TPSA) is 25.8 Å². The van der Waals surface area contributed by atoms with Gasteiger partial charge in [0.2, 0.25) is 0 Å². The van der Waals surface area contributed by atoms with E-state index >= 15 is 0 Å². The Bertz CT molecular complexity index is 4340. The number of nitrogens with zero attached hydrogens (tertiary/aromatic N) is 2. The highest BCUT2D eigenvalue weighted by molar-refractivity contribution is 6.20. The number of rotatable bonds is 6. The highest BCUT2D eigenvalue weighted by Gasteiger charge is 2.44. The van der Waals surface area contributed by atoms with Crippen LogP contribution in [0.3, 0.4) is 0 Å². The number of hydrogen-bond acceptors (Lipinski definition) is 2. The van der Waals surface area contributed by atoms with Crippen LogP contribution in [0.5, 0.6) is 0 Å². The second-order valence-corrected chi connectivity index (χ2v) is 21.0. The van der Waals surface area contributed by atoms with Crippen LogP contribution >= 0.6 is 0 Å². The van der Waals surface area contributed by atoms with Gasteiger partial charge in [0.25, 0.3) is 0 Å². The van der Waals surface area contributed by atoms with Gasteiger partial charge in [0.05, 0.1) is 22.4 Å². The molecule has 2 nitrogen and oxygen atoms in total. The van der Waals surface area contributed by atoms with Crippen molar-refractivity contribution in [3.05, 3.63) is 277 Å². The van der Waals surface area contributed by atoms with Gasteiger partial charge in [-0.2, -0.15) is 0 Å². The van der Waals surface area contributed by atoms with Crippen molar-refractivity contribution < 1.29 is 0 Å². The van der Waals surface area contributed by atoms with Crippen LogP contribution in [-0.4, -0.2) is 9.97 Å². The Kier molecular flexibility index (Phi) is 9.62. The molecule has 0 N–H and O–H groups in total. The van der Waals surface area contributed by atoms with Gasteiger partial charge in [-0.15, -0.1) is 0 Å². The molecular weight excluding hydrogens is 917 g/mol. The van der Waals surface area contributed by atoms with Crippen LogP contribution in [0.4, 0.5) is 0 Å². The standard InChI is InChI=1S/C74H48N2/c1-5-17-45(18-6-1)47-29-33-51(34-30-47)73-71-57-37-38-58(69(71)65-41-61-59(49-21-9-3-10-22-49)39-53-25-13-15-27-55(53)63(61)43-67(65)75-73)72-70(57)66-42-62-60(50-23-11-4-12-24-50)40-54-26-14-16-28-56(54)64(62)44-68(66)76-74(72)52-35-31-48(32-36-52)46-19-7-2-8-20-46/h1-36,39-44,57-58H,37-38H2. The Morgan fingerprint density at radius 3 is 0.961 bits per heavy atom. The molecule has 0 fully saturated rings. The van der Waals surface area contributed by atoms with E-state index in [4.69, 9.17) is 9.97 Å². The molecule has 354 valence electrons. The molecular formula is C74H48N2. The van der Waals surface area contributed by atoms with Crippen molar-refractivity contribution in [3.8, 4) is 67.0 Å². The molecule has 0 saturated carbocycles. The molecule has 2 unspecified atom stereocenters. The van der Waals surface area contributed by atoms with E-state index < -0.39 is 0 Å². The summed E-state index contributed by atoms with van der Waals surface area (Å²) >= 11 is 0. The fraction of sp³-hybridized carbons (Fsp3) is 0.0541. The van der Waals surface area contributed by atoms with Gasteiger partial charge >= 0.3 is 0 Å². The predicted octanol–water partition coefficient (Wildman–Crippen LogP) is 19.8. The fourth-order valence-electron chi connectivity index (χ4n) is 13.5. The quantitative estimate of drug-likeness (QED) is 0.123. The number of hydrogen-bond donors (Lipinski definition) is 0. The molecule has 2 atom stereocenters. The lowest BCUT2D eigenvalue weighted by Gasteiger charge is -2.43. The number of aromatic nitrogens is 2. The predicted molar refractivity (Wildman–Crippen MR) is 319 cm³/mol. The van der Waals surface area contributed by atoms with Crippen molar-refractivity contribution in [1.82, 2.24) is 9.97 Å². The van der Waals surface area contributed by atoms with Crippen LogP contribution in [0.15, 0.2) is 255 Å². The highest BCUT2D eigenvalue weighted by Crippen LogP contribution is 2.60. The lowest BCUT2D eigenvalue weighted by Crippen LogP contribution is -2.28. The molecule has 0 spiro atoms. The van der Waals surface area contributed by atoms with Gasteiger partial charge < -0.3 is 0 Å². The zero-order valence-corrected chi connectivity index (χ0v) is 41.7. The second kappa shape index (κ2) is 17.0. The van der Waals surface area contributed by atoms with Crippen LogP contribution in [0.2, 0.25) is 0 Å². The Morgan fingerprint density at radius 2 is 0.566 bits per heavy atom. The van der Waals surface area contributed by atoms with Gasteiger partial charge in [-0.05, 0) is 159 Å². The van der Waals surface area contributed by atoms with Crippen molar-refractivity contribution in [3.63, 3.8) is 0 Å². The van der Waals surface area contributed by atoms with Crippen molar-refractivity contribution in [2.45, 2.75) is 24.7 Å². The second-order valence-electron chi connectivity index (χ2n) is 21.0. The molecule has 2 aromatic heterocycles. The van der Waals surface area contributed by atoms with Crippen LogP contribution in [-0.2, 0) is 0 Å². The summed E-state index contributed by atoms with van der Waals surface area (Å²) in [4.78, 5) is 11.9. The van der Waals surface area contributed by atoms with Gasteiger partial charge in [-0.25, -0.2) is 9.97 Å². The zero-order chi connectivity index (χ0) is 49.8. The first-order valence-corrected chi connectivity index (χ1v) is 26.8. The average Bonchev–Trinajstić information content (AvgIpc) is 3.65. The van der Waals surface area contributed by atoms with E-state index in [1.54, 1.807) is 0 Å². The van der Waals surface area contributed by atoms with E-state index in [0.717, 1.165) is 46.4 Å². The molecule has 12 aromatic carbocycles. The maximum absolute atomic E-state index is 5.93. The smallest absolute Gasteiger partial charge is 0.0750 e. The molecule has 0 amide bonds. The third-order valence-electron chi connectivity index (χ3n) is 16.9. The summed E-state index contributed by atoms with van der Waals surface area (Å²) in [7, 11) is 0. The molecule has 2 bridgehead atoms. The lowest BCUT2D eigenvalue weighted by atomic mass is 9.61. The molecule has 17 rings (SSSR count). The van der Waals surface area contributed by atoms with Crippen LogP contribution in [0.25, 0.3) is 132 Å². The normalized spacial score (nSPS) is 14.7. The average molecular weight is 965 g/mol. The molecule has 76 heavy (non-hydrogen) atoms. The van der Waals surface area contributed by atoms with Gasteiger partial charge in [0, 0.05) is 33.7 Å².